The van der Waals surface area contributed by atoms with Gasteiger partial charge in [0.15, 0.2) is 11.5 Å². The zero-order valence-electron chi connectivity index (χ0n) is 15.9. The van der Waals surface area contributed by atoms with E-state index in [2.05, 4.69) is 20.4 Å². The van der Waals surface area contributed by atoms with Gasteiger partial charge in [-0.1, -0.05) is 23.4 Å². The van der Waals surface area contributed by atoms with Gasteiger partial charge in [0.25, 0.3) is 5.91 Å². The van der Waals surface area contributed by atoms with E-state index in [-0.39, 0.29) is 24.8 Å². The summed E-state index contributed by atoms with van der Waals surface area (Å²) in [5.41, 5.74) is 1.46. The molecule has 0 unspecified atom stereocenters. The summed E-state index contributed by atoms with van der Waals surface area (Å²) in [6.45, 7) is 0.935. The van der Waals surface area contributed by atoms with Gasteiger partial charge in [0.1, 0.15) is 0 Å². The molecule has 2 atom stereocenters. The normalized spacial score (nSPS) is 20.7. The third-order valence-electron chi connectivity index (χ3n) is 5.28. The van der Waals surface area contributed by atoms with E-state index in [0.717, 1.165) is 5.56 Å². The van der Waals surface area contributed by atoms with Gasteiger partial charge in [-0.25, -0.2) is 0 Å². The van der Waals surface area contributed by atoms with Crippen LogP contribution in [0.1, 0.15) is 28.7 Å². The zero-order valence-corrected chi connectivity index (χ0v) is 15.9. The molecule has 29 heavy (non-hydrogen) atoms. The summed E-state index contributed by atoms with van der Waals surface area (Å²) in [5.74, 6) is 2.36. The fraction of sp³-hybridized carbons (Fsp3) is 0.286. The van der Waals surface area contributed by atoms with E-state index in [9.17, 15) is 4.79 Å². The number of nitrogens with zero attached hydrogens (tertiary/aromatic N) is 3. The van der Waals surface area contributed by atoms with Gasteiger partial charge < -0.3 is 19.3 Å². The summed E-state index contributed by atoms with van der Waals surface area (Å²) < 4.78 is 16.3. The van der Waals surface area contributed by atoms with Crippen molar-refractivity contribution in [3.63, 3.8) is 0 Å². The Labute approximate surface area is 167 Å². The average molecular weight is 392 g/mol. The lowest BCUT2D eigenvalue weighted by molar-refractivity contribution is 0.0938. The lowest BCUT2D eigenvalue weighted by Crippen LogP contribution is -2.36. The van der Waals surface area contributed by atoms with Crippen molar-refractivity contribution in [2.45, 2.75) is 18.5 Å². The Morgan fingerprint density at radius 3 is 2.83 bits per heavy atom. The predicted octanol–water partition coefficient (Wildman–Crippen LogP) is 2.64. The molecule has 1 N–H and O–H groups in total. The minimum Gasteiger partial charge on any atom is -0.454 e. The Bertz CT molecular complexity index is 1040. The minimum atomic E-state index is -0.0729. The molecule has 148 valence electrons. The third-order valence-corrected chi connectivity index (χ3v) is 5.28. The summed E-state index contributed by atoms with van der Waals surface area (Å²) in [6, 6.07) is 14.7. The lowest BCUT2D eigenvalue weighted by Gasteiger charge is -2.14. The van der Waals surface area contributed by atoms with Crippen molar-refractivity contribution >= 4 is 5.91 Å². The summed E-state index contributed by atoms with van der Waals surface area (Å²) in [5, 5.41) is 7.22. The summed E-state index contributed by atoms with van der Waals surface area (Å²) in [6.07, 6.45) is 0.706. The van der Waals surface area contributed by atoms with Crippen LogP contribution in [0.4, 0.5) is 0 Å². The first kappa shape index (κ1) is 17.7. The highest BCUT2D eigenvalue weighted by atomic mass is 16.7. The molecule has 0 saturated carbocycles. The van der Waals surface area contributed by atoms with E-state index in [0.29, 0.717) is 41.7 Å². The standard InChI is InChI=1S/C21H20N4O4/c1-25-11-15(22-20(26)13-5-3-2-4-6-13)10-16(25)21-23-19(24-29-21)14-7-8-17-18(9-14)28-12-27-17/h2-9,15-16H,10-12H2,1H3,(H,22,26)/t15-,16-/m0/s1. The number of fused-ring (bicyclic) bond motifs is 1. The number of ether oxygens (including phenoxy) is 2. The molecular weight excluding hydrogens is 372 g/mol. The van der Waals surface area contributed by atoms with Crippen LogP contribution >= 0.6 is 0 Å². The Morgan fingerprint density at radius 1 is 1.14 bits per heavy atom. The van der Waals surface area contributed by atoms with E-state index < -0.39 is 0 Å². The second-order valence-corrected chi connectivity index (χ2v) is 7.25. The molecule has 1 aromatic heterocycles. The molecule has 2 aliphatic rings. The van der Waals surface area contributed by atoms with E-state index in [1.807, 2.05) is 43.4 Å². The van der Waals surface area contributed by atoms with Gasteiger partial charge in [0.05, 0.1) is 6.04 Å². The smallest absolute Gasteiger partial charge is 0.251 e. The predicted molar refractivity (Wildman–Crippen MR) is 104 cm³/mol. The molecule has 5 rings (SSSR count). The van der Waals surface area contributed by atoms with Crippen molar-refractivity contribution in [1.29, 1.82) is 0 Å². The quantitative estimate of drug-likeness (QED) is 0.730. The van der Waals surface area contributed by atoms with Crippen LogP contribution in [-0.2, 0) is 0 Å². The molecule has 0 spiro atoms. The minimum absolute atomic E-state index is 0.0126. The highest BCUT2D eigenvalue weighted by Crippen LogP contribution is 2.36. The monoisotopic (exact) mass is 392 g/mol. The second kappa shape index (κ2) is 7.21. The van der Waals surface area contributed by atoms with Crippen LogP contribution in [0.25, 0.3) is 11.4 Å². The highest BCUT2D eigenvalue weighted by Gasteiger charge is 2.35. The van der Waals surface area contributed by atoms with Crippen LogP contribution in [0.3, 0.4) is 0 Å². The number of likely N-dealkylation sites (tertiary alicyclic amines) is 1. The summed E-state index contributed by atoms with van der Waals surface area (Å²) >= 11 is 0. The number of likely N-dealkylation sites (N-methyl/N-ethyl adjacent to an activating group) is 1. The Morgan fingerprint density at radius 2 is 1.97 bits per heavy atom. The van der Waals surface area contributed by atoms with Gasteiger partial charge in [0.2, 0.25) is 18.5 Å². The van der Waals surface area contributed by atoms with Crippen LogP contribution in [0.15, 0.2) is 53.1 Å². The fourth-order valence-corrected chi connectivity index (χ4v) is 3.77. The molecular formula is C21H20N4O4. The largest absolute Gasteiger partial charge is 0.454 e. The van der Waals surface area contributed by atoms with Gasteiger partial charge in [-0.2, -0.15) is 4.98 Å². The van der Waals surface area contributed by atoms with E-state index >= 15 is 0 Å². The number of carbonyl (C=O) groups is 1. The van der Waals surface area contributed by atoms with E-state index in [4.69, 9.17) is 14.0 Å². The molecule has 2 aliphatic heterocycles. The van der Waals surface area contributed by atoms with Crippen LogP contribution in [0.2, 0.25) is 0 Å². The van der Waals surface area contributed by atoms with Crippen molar-refractivity contribution in [2.75, 3.05) is 20.4 Å². The molecule has 8 nitrogen and oxygen atoms in total. The van der Waals surface area contributed by atoms with Crippen molar-refractivity contribution < 1.29 is 18.8 Å². The Kier molecular flexibility index (Phi) is 4.40. The maximum absolute atomic E-state index is 12.4. The molecule has 8 heteroatoms. The SMILES string of the molecule is CN1C[C@@H](NC(=O)c2ccccc2)C[C@H]1c1nc(-c2ccc3c(c2)OCO3)no1. The number of hydrogen-bond acceptors (Lipinski definition) is 7. The molecule has 1 amide bonds. The number of nitrogens with one attached hydrogen (secondary N) is 1. The van der Waals surface area contributed by atoms with Crippen molar-refractivity contribution in [3.8, 4) is 22.9 Å². The maximum Gasteiger partial charge on any atom is 0.251 e. The third kappa shape index (κ3) is 3.42. The number of benzene rings is 2. The van der Waals surface area contributed by atoms with Crippen molar-refractivity contribution in [1.82, 2.24) is 20.4 Å². The van der Waals surface area contributed by atoms with Gasteiger partial charge >= 0.3 is 0 Å². The number of aromatic nitrogens is 2. The Balaban J connectivity index is 1.29. The van der Waals surface area contributed by atoms with E-state index in [1.165, 1.54) is 0 Å². The molecule has 0 aliphatic carbocycles. The first-order valence-electron chi connectivity index (χ1n) is 9.47. The van der Waals surface area contributed by atoms with Crippen LogP contribution in [0.5, 0.6) is 11.5 Å². The first-order valence-corrected chi connectivity index (χ1v) is 9.47. The van der Waals surface area contributed by atoms with Crippen LogP contribution in [0, 0.1) is 0 Å². The maximum atomic E-state index is 12.4. The number of carbonyl (C=O) groups excluding carboxylic acids is 1. The summed E-state index contributed by atoms with van der Waals surface area (Å²) in [7, 11) is 1.99. The van der Waals surface area contributed by atoms with E-state index in [1.54, 1.807) is 12.1 Å². The molecule has 1 fully saturated rings. The number of rotatable bonds is 4. The van der Waals surface area contributed by atoms with Crippen molar-refractivity contribution in [3.05, 3.63) is 60.0 Å². The highest BCUT2D eigenvalue weighted by molar-refractivity contribution is 5.94. The number of hydrogen-bond donors (Lipinski definition) is 1. The van der Waals surface area contributed by atoms with Crippen LogP contribution < -0.4 is 14.8 Å². The molecule has 1 saturated heterocycles. The number of amides is 1. The molecule has 0 bridgehead atoms. The second-order valence-electron chi connectivity index (χ2n) is 7.25. The molecule has 3 aromatic rings. The molecule has 2 aromatic carbocycles. The van der Waals surface area contributed by atoms with Crippen molar-refractivity contribution in [2.24, 2.45) is 0 Å². The van der Waals surface area contributed by atoms with Gasteiger partial charge in [-0.05, 0) is 43.8 Å². The van der Waals surface area contributed by atoms with Crippen LogP contribution in [-0.4, -0.2) is 47.4 Å². The van der Waals surface area contributed by atoms with Gasteiger partial charge in [0, 0.05) is 23.7 Å². The topological polar surface area (TPSA) is 89.7 Å². The summed E-state index contributed by atoms with van der Waals surface area (Å²) in [4.78, 5) is 19.1. The molecule has 3 heterocycles. The van der Waals surface area contributed by atoms with Gasteiger partial charge in [-0.15, -0.1) is 0 Å². The Hall–Kier alpha value is -3.39. The fourth-order valence-electron chi connectivity index (χ4n) is 3.77. The lowest BCUT2D eigenvalue weighted by atomic mass is 10.1. The molecule has 0 radical (unpaired) electrons. The average Bonchev–Trinajstić information content (AvgIpc) is 3.47. The zero-order chi connectivity index (χ0) is 19.8. The van der Waals surface area contributed by atoms with Gasteiger partial charge in [-0.3, -0.25) is 9.69 Å². The first-order chi connectivity index (χ1) is 14.2.